The average molecular weight is 424 g/mol. The Morgan fingerprint density at radius 3 is 2.97 bits per heavy atom. The van der Waals surface area contributed by atoms with Gasteiger partial charge in [0.05, 0.1) is 17.2 Å². The van der Waals surface area contributed by atoms with Crippen molar-refractivity contribution in [2.75, 3.05) is 13.2 Å². The normalized spacial score (nSPS) is 17.7. The van der Waals surface area contributed by atoms with Crippen molar-refractivity contribution < 1.29 is 9.90 Å². The van der Waals surface area contributed by atoms with Gasteiger partial charge in [0.25, 0.3) is 5.91 Å². The number of H-pyrrole nitrogens is 1. The summed E-state index contributed by atoms with van der Waals surface area (Å²) in [4.78, 5) is 24.3. The van der Waals surface area contributed by atoms with Crippen molar-refractivity contribution in [3.63, 3.8) is 0 Å². The van der Waals surface area contributed by atoms with Gasteiger partial charge in [-0.3, -0.25) is 4.79 Å². The molecule has 2 N–H and O–H groups in total. The first-order chi connectivity index (χ1) is 14.7. The van der Waals surface area contributed by atoms with Gasteiger partial charge in [0.1, 0.15) is 5.69 Å². The largest absolute Gasteiger partial charge is 0.396 e. The molecule has 1 fully saturated rings. The van der Waals surface area contributed by atoms with Gasteiger partial charge >= 0.3 is 0 Å². The summed E-state index contributed by atoms with van der Waals surface area (Å²) >= 11 is 1.75. The number of amides is 1. The van der Waals surface area contributed by atoms with E-state index in [-0.39, 0.29) is 12.5 Å². The molecule has 5 rings (SSSR count). The molecule has 6 heteroatoms. The monoisotopic (exact) mass is 423 g/mol. The van der Waals surface area contributed by atoms with Gasteiger partial charge in [0, 0.05) is 35.4 Å². The van der Waals surface area contributed by atoms with Crippen molar-refractivity contribution in [3.8, 4) is 0 Å². The minimum Gasteiger partial charge on any atom is -0.396 e. The molecular weight excluding hydrogens is 394 g/mol. The van der Waals surface area contributed by atoms with Crippen LogP contribution in [0.3, 0.4) is 0 Å². The SMILES string of the molecule is O=C(c1cc2ccccc2[nH]1)N1CCc2nc(CCC(CO)CC3CCC3)sc2C1. The topological polar surface area (TPSA) is 69.2 Å². The molecule has 1 aliphatic heterocycles. The Hall–Kier alpha value is -2.18. The molecule has 3 heterocycles. The van der Waals surface area contributed by atoms with Crippen molar-refractivity contribution in [1.29, 1.82) is 0 Å². The lowest BCUT2D eigenvalue weighted by Gasteiger charge is -2.28. The molecule has 1 aromatic carbocycles. The first kappa shape index (κ1) is 19.8. The number of carbonyl (C=O) groups is 1. The highest BCUT2D eigenvalue weighted by Crippen LogP contribution is 2.34. The summed E-state index contributed by atoms with van der Waals surface area (Å²) in [5.41, 5.74) is 2.82. The van der Waals surface area contributed by atoms with Gasteiger partial charge in [-0.15, -0.1) is 11.3 Å². The Kier molecular flexibility index (Phi) is 5.61. The number of fused-ring (bicyclic) bond motifs is 2. The van der Waals surface area contributed by atoms with E-state index in [1.807, 2.05) is 35.2 Å². The van der Waals surface area contributed by atoms with Crippen LogP contribution >= 0.6 is 11.3 Å². The van der Waals surface area contributed by atoms with Crippen molar-refractivity contribution in [2.45, 2.75) is 51.5 Å². The van der Waals surface area contributed by atoms with Crippen LogP contribution in [0.2, 0.25) is 0 Å². The number of aromatic amines is 1. The maximum atomic E-state index is 13.0. The van der Waals surface area contributed by atoms with Crippen LogP contribution in [0.4, 0.5) is 0 Å². The number of aliphatic hydroxyl groups excluding tert-OH is 1. The maximum Gasteiger partial charge on any atom is 0.270 e. The Morgan fingerprint density at radius 2 is 2.20 bits per heavy atom. The lowest BCUT2D eigenvalue weighted by atomic mass is 9.78. The van der Waals surface area contributed by atoms with Crippen molar-refractivity contribution >= 4 is 28.1 Å². The predicted octanol–water partition coefficient (Wildman–Crippen LogP) is 4.55. The fourth-order valence-corrected chi connectivity index (χ4v) is 5.85. The molecule has 1 aliphatic carbocycles. The smallest absolute Gasteiger partial charge is 0.270 e. The molecule has 0 saturated heterocycles. The number of rotatable bonds is 7. The van der Waals surface area contributed by atoms with Crippen molar-refractivity contribution in [3.05, 3.63) is 51.6 Å². The highest BCUT2D eigenvalue weighted by atomic mass is 32.1. The van der Waals surface area contributed by atoms with Crippen molar-refractivity contribution in [2.24, 2.45) is 11.8 Å². The van der Waals surface area contributed by atoms with Crippen LogP contribution in [-0.2, 0) is 19.4 Å². The summed E-state index contributed by atoms with van der Waals surface area (Å²) in [7, 11) is 0. The lowest BCUT2D eigenvalue weighted by Crippen LogP contribution is -2.35. The quantitative estimate of drug-likeness (QED) is 0.586. The predicted molar refractivity (Wildman–Crippen MR) is 120 cm³/mol. The summed E-state index contributed by atoms with van der Waals surface area (Å²) < 4.78 is 0. The van der Waals surface area contributed by atoms with E-state index in [0.717, 1.165) is 53.2 Å². The number of aryl methyl sites for hydroxylation is 1. The summed E-state index contributed by atoms with van der Waals surface area (Å²) in [5, 5.41) is 12.0. The number of carbonyl (C=O) groups excluding carboxylic acids is 1. The van der Waals surface area contributed by atoms with Crippen LogP contribution in [-0.4, -0.2) is 39.0 Å². The number of para-hydroxylation sites is 1. The second kappa shape index (κ2) is 8.52. The third-order valence-electron chi connectivity index (χ3n) is 6.74. The van der Waals surface area contributed by atoms with Gasteiger partial charge in [-0.2, -0.15) is 0 Å². The molecule has 30 heavy (non-hydrogen) atoms. The van der Waals surface area contributed by atoms with Crippen LogP contribution in [0, 0.1) is 11.8 Å². The zero-order valence-electron chi connectivity index (χ0n) is 17.3. The molecule has 1 atom stereocenters. The van der Waals surface area contributed by atoms with E-state index in [2.05, 4.69) is 4.98 Å². The average Bonchev–Trinajstić information content (AvgIpc) is 3.35. The van der Waals surface area contributed by atoms with Gasteiger partial charge < -0.3 is 15.0 Å². The lowest BCUT2D eigenvalue weighted by molar-refractivity contribution is 0.0731. The number of nitrogens with zero attached hydrogens (tertiary/aromatic N) is 2. The third kappa shape index (κ3) is 4.03. The minimum absolute atomic E-state index is 0.0626. The standard InChI is InChI=1S/C24H29N3O2S/c28-15-17(12-16-4-3-5-16)8-9-23-26-20-10-11-27(14-22(20)30-23)24(29)21-13-18-6-1-2-7-19(18)25-21/h1-2,6-7,13,16-17,25,28H,3-5,8-12,14-15H2. The first-order valence-corrected chi connectivity index (χ1v) is 12.0. The molecule has 1 amide bonds. The second-order valence-electron chi connectivity index (χ2n) is 8.84. The van der Waals surface area contributed by atoms with Gasteiger partial charge in [-0.05, 0) is 43.2 Å². The molecule has 0 bridgehead atoms. The van der Waals surface area contributed by atoms with E-state index < -0.39 is 0 Å². The number of aromatic nitrogens is 2. The molecular formula is C24H29N3O2S. The van der Waals surface area contributed by atoms with Crippen LogP contribution in [0.1, 0.15) is 58.2 Å². The number of hydrogen-bond acceptors (Lipinski definition) is 4. The molecule has 0 radical (unpaired) electrons. The Bertz CT molecular complexity index is 1000. The molecule has 2 aliphatic rings. The number of benzene rings is 1. The minimum atomic E-state index is 0.0626. The molecule has 0 spiro atoms. The summed E-state index contributed by atoms with van der Waals surface area (Å²) in [6.07, 6.45) is 7.96. The van der Waals surface area contributed by atoms with Gasteiger partial charge in [0.15, 0.2) is 0 Å². The summed E-state index contributed by atoms with van der Waals surface area (Å²) in [6, 6.07) is 9.94. The fraction of sp³-hybridized carbons (Fsp3) is 0.500. The van der Waals surface area contributed by atoms with Crippen LogP contribution < -0.4 is 0 Å². The van der Waals surface area contributed by atoms with E-state index in [1.54, 1.807) is 11.3 Å². The van der Waals surface area contributed by atoms with E-state index in [9.17, 15) is 9.90 Å². The zero-order chi connectivity index (χ0) is 20.5. The second-order valence-corrected chi connectivity index (χ2v) is 10.0. The Morgan fingerprint density at radius 1 is 1.33 bits per heavy atom. The summed E-state index contributed by atoms with van der Waals surface area (Å²) in [6.45, 7) is 1.65. The molecule has 158 valence electrons. The van der Waals surface area contributed by atoms with Crippen LogP contribution in [0.5, 0.6) is 0 Å². The molecule has 3 aromatic rings. The van der Waals surface area contributed by atoms with Crippen molar-refractivity contribution in [1.82, 2.24) is 14.9 Å². The first-order valence-electron chi connectivity index (χ1n) is 11.1. The molecule has 1 unspecified atom stereocenters. The molecule has 5 nitrogen and oxygen atoms in total. The number of hydrogen-bond donors (Lipinski definition) is 2. The highest BCUT2D eigenvalue weighted by Gasteiger charge is 2.26. The summed E-state index contributed by atoms with van der Waals surface area (Å²) in [5.74, 6) is 1.29. The third-order valence-corrected chi connectivity index (χ3v) is 7.88. The number of thiazole rings is 1. The highest BCUT2D eigenvalue weighted by molar-refractivity contribution is 7.11. The van der Waals surface area contributed by atoms with E-state index in [4.69, 9.17) is 4.98 Å². The Labute approximate surface area is 181 Å². The van der Waals surface area contributed by atoms with Crippen LogP contribution in [0.15, 0.2) is 30.3 Å². The van der Waals surface area contributed by atoms with Gasteiger partial charge in [-0.25, -0.2) is 4.98 Å². The maximum absolute atomic E-state index is 13.0. The zero-order valence-corrected chi connectivity index (χ0v) is 18.1. The van der Waals surface area contributed by atoms with E-state index in [0.29, 0.717) is 24.7 Å². The number of aliphatic hydroxyl groups is 1. The van der Waals surface area contributed by atoms with Gasteiger partial charge in [0.2, 0.25) is 0 Å². The van der Waals surface area contributed by atoms with Crippen LogP contribution in [0.25, 0.3) is 10.9 Å². The van der Waals surface area contributed by atoms with E-state index in [1.165, 1.54) is 24.1 Å². The van der Waals surface area contributed by atoms with Gasteiger partial charge in [-0.1, -0.05) is 37.5 Å². The number of nitrogens with one attached hydrogen (secondary N) is 1. The molecule has 1 saturated carbocycles. The Balaban J connectivity index is 1.22. The van der Waals surface area contributed by atoms with E-state index >= 15 is 0 Å². The fourth-order valence-electron chi connectivity index (χ4n) is 4.70. The molecule has 2 aromatic heterocycles.